The molecule has 0 N–H and O–H groups in total. The number of aliphatic imine (C=N–C) groups is 1. The van der Waals surface area contributed by atoms with E-state index < -0.39 is 34.3 Å². The summed E-state index contributed by atoms with van der Waals surface area (Å²) in [6.07, 6.45) is -1.88. The lowest BCUT2D eigenvalue weighted by atomic mass is 9.64. The quantitative estimate of drug-likeness (QED) is 0.521. The summed E-state index contributed by atoms with van der Waals surface area (Å²) in [7, 11) is 1.58. The van der Waals surface area contributed by atoms with Crippen molar-refractivity contribution >= 4 is 18.2 Å². The molecule has 2 amide bonds. The fraction of sp³-hybridized carbons (Fsp3) is 0.593. The molecular formula is C27H34N2O8. The molecule has 3 aliphatic heterocycles. The van der Waals surface area contributed by atoms with Gasteiger partial charge in [-0.2, -0.15) is 0 Å². The van der Waals surface area contributed by atoms with Crippen molar-refractivity contribution < 1.29 is 38.0 Å². The van der Waals surface area contributed by atoms with Gasteiger partial charge in [0.1, 0.15) is 42.3 Å². The molecule has 0 aliphatic carbocycles. The Morgan fingerprint density at radius 2 is 1.65 bits per heavy atom. The van der Waals surface area contributed by atoms with Crippen LogP contribution in [0.3, 0.4) is 0 Å². The molecule has 3 aliphatic rings. The molecule has 1 saturated heterocycles. The number of carbonyl (C=O) groups is 2. The van der Waals surface area contributed by atoms with Crippen LogP contribution in [0.1, 0.15) is 52.7 Å². The van der Waals surface area contributed by atoms with Gasteiger partial charge in [0.25, 0.3) is 0 Å². The minimum Gasteiger partial charge on any atom is -0.492 e. The fourth-order valence-corrected chi connectivity index (χ4v) is 4.33. The second-order valence-corrected chi connectivity index (χ2v) is 11.3. The molecule has 10 nitrogen and oxygen atoms in total. The smallest absolute Gasteiger partial charge is 0.428 e. The Morgan fingerprint density at radius 3 is 2.19 bits per heavy atom. The molecule has 200 valence electrons. The molecule has 1 aromatic carbocycles. The van der Waals surface area contributed by atoms with Crippen LogP contribution in [0, 0.1) is 17.3 Å². The minimum atomic E-state index is -0.977. The van der Waals surface area contributed by atoms with Gasteiger partial charge in [0, 0.05) is 18.2 Å². The zero-order valence-corrected chi connectivity index (χ0v) is 22.4. The summed E-state index contributed by atoms with van der Waals surface area (Å²) >= 11 is 0. The highest BCUT2D eigenvalue weighted by Gasteiger charge is 2.65. The Balaban J connectivity index is 1.80. The van der Waals surface area contributed by atoms with Crippen molar-refractivity contribution in [3.63, 3.8) is 0 Å². The highest BCUT2D eigenvalue weighted by molar-refractivity contribution is 6.06. The van der Waals surface area contributed by atoms with E-state index in [-0.39, 0.29) is 12.6 Å². The van der Waals surface area contributed by atoms with Gasteiger partial charge in [-0.3, -0.25) is 0 Å². The summed E-state index contributed by atoms with van der Waals surface area (Å²) in [6.45, 7) is 11.7. The Hall–Kier alpha value is -3.29. The van der Waals surface area contributed by atoms with Crippen LogP contribution < -0.4 is 4.74 Å². The first-order valence-corrected chi connectivity index (χ1v) is 12.1. The van der Waals surface area contributed by atoms with E-state index in [4.69, 9.17) is 33.4 Å². The summed E-state index contributed by atoms with van der Waals surface area (Å²) in [5, 5.41) is 0. The molecule has 3 heterocycles. The number of fused-ring (bicyclic) bond motifs is 3. The first-order chi connectivity index (χ1) is 17.3. The normalized spacial score (nSPS) is 21.4. The number of hydrogen-bond acceptors (Lipinski definition) is 9. The predicted molar refractivity (Wildman–Crippen MR) is 133 cm³/mol. The van der Waals surface area contributed by atoms with E-state index >= 15 is 0 Å². The summed E-state index contributed by atoms with van der Waals surface area (Å²) in [5.41, 5.74) is -1.76. The Kier molecular flexibility index (Phi) is 6.90. The molecule has 0 aromatic heterocycles. The zero-order valence-electron chi connectivity index (χ0n) is 22.4. The van der Waals surface area contributed by atoms with Crippen LogP contribution >= 0.6 is 0 Å². The lowest BCUT2D eigenvalue weighted by Gasteiger charge is -2.53. The van der Waals surface area contributed by atoms with E-state index in [2.05, 4.69) is 11.8 Å². The monoisotopic (exact) mass is 514 g/mol. The van der Waals surface area contributed by atoms with Gasteiger partial charge in [-0.25, -0.2) is 14.6 Å². The van der Waals surface area contributed by atoms with Crippen molar-refractivity contribution in [2.45, 2.75) is 58.3 Å². The van der Waals surface area contributed by atoms with Gasteiger partial charge in [-0.1, -0.05) is 11.8 Å². The van der Waals surface area contributed by atoms with Gasteiger partial charge in [-0.05, 0) is 59.7 Å². The van der Waals surface area contributed by atoms with Crippen LogP contribution in [-0.2, 0) is 29.2 Å². The first-order valence-electron chi connectivity index (χ1n) is 12.1. The van der Waals surface area contributed by atoms with Crippen LogP contribution in [0.4, 0.5) is 9.59 Å². The van der Waals surface area contributed by atoms with Crippen LogP contribution in [0.25, 0.3) is 0 Å². The molecule has 1 aromatic rings. The molecule has 0 radical (unpaired) electrons. The van der Waals surface area contributed by atoms with Gasteiger partial charge < -0.3 is 28.4 Å². The average Bonchev–Trinajstić information content (AvgIpc) is 3.16. The standard InChI is InChI=1S/C27H34N2O8/c1-24(2,3)36-22(30)29(23(31)37-25(4,5)6)21-28-27(17-35-21)19-13-18(9-8-12-32-7)10-11-20(19)34-16-26(27)14-33-15-26/h10-11,13H,12,14-17H2,1-7H3. The number of imide groups is 1. The van der Waals surface area contributed by atoms with Gasteiger partial charge in [0.2, 0.25) is 0 Å². The number of carbonyl (C=O) groups excluding carboxylic acids is 2. The number of nitrogens with zero attached hydrogens (tertiary/aromatic N) is 2. The number of benzene rings is 1. The second-order valence-electron chi connectivity index (χ2n) is 11.3. The average molecular weight is 515 g/mol. The Morgan fingerprint density at radius 1 is 1.00 bits per heavy atom. The SMILES string of the molecule is COCC#Cc1ccc2c(c1)C1(COC(N(C(=O)OC(C)(C)C)C(=O)OC(C)(C)C)=N1)C1(COC1)CO2. The third kappa shape index (κ3) is 5.24. The molecule has 2 spiro atoms. The van der Waals surface area contributed by atoms with Crippen LogP contribution in [-0.4, -0.2) is 74.5 Å². The van der Waals surface area contributed by atoms with E-state index in [9.17, 15) is 9.59 Å². The van der Waals surface area contributed by atoms with E-state index in [0.29, 0.717) is 32.2 Å². The maximum Gasteiger partial charge on any atom is 0.428 e. The van der Waals surface area contributed by atoms with E-state index in [1.165, 1.54) is 0 Å². The Bertz CT molecular complexity index is 1140. The highest BCUT2D eigenvalue weighted by atomic mass is 16.6. The van der Waals surface area contributed by atoms with Gasteiger partial charge in [-0.15, -0.1) is 4.90 Å². The molecule has 10 heteroatoms. The van der Waals surface area contributed by atoms with Crippen molar-refractivity contribution in [2.75, 3.05) is 40.1 Å². The number of amides is 2. The molecule has 4 rings (SSSR count). The number of methoxy groups -OCH3 is 1. The fourth-order valence-electron chi connectivity index (χ4n) is 4.33. The van der Waals surface area contributed by atoms with Gasteiger partial charge >= 0.3 is 18.2 Å². The minimum absolute atomic E-state index is 0.0686. The van der Waals surface area contributed by atoms with Gasteiger partial charge in [0.15, 0.2) is 0 Å². The molecule has 37 heavy (non-hydrogen) atoms. The second kappa shape index (κ2) is 9.54. The van der Waals surface area contributed by atoms with Crippen molar-refractivity contribution in [1.29, 1.82) is 0 Å². The molecule has 0 bridgehead atoms. The zero-order chi connectivity index (χ0) is 27.1. The van der Waals surface area contributed by atoms with E-state index in [1.54, 1.807) is 48.7 Å². The van der Waals surface area contributed by atoms with E-state index in [1.807, 2.05) is 18.2 Å². The molecule has 1 fully saturated rings. The van der Waals surface area contributed by atoms with Crippen LogP contribution in [0.2, 0.25) is 0 Å². The summed E-state index contributed by atoms with van der Waals surface area (Å²) in [6, 6.07) is 5.41. The van der Waals surface area contributed by atoms with Crippen molar-refractivity contribution in [3.05, 3.63) is 29.3 Å². The maximum atomic E-state index is 13.2. The summed E-state index contributed by atoms with van der Waals surface area (Å²) in [4.78, 5) is 32.0. The number of hydrogen-bond donors (Lipinski definition) is 0. The Labute approximate surface area is 217 Å². The van der Waals surface area contributed by atoms with Crippen molar-refractivity contribution in [1.82, 2.24) is 4.90 Å². The van der Waals surface area contributed by atoms with Gasteiger partial charge in [0.05, 0.1) is 18.6 Å². The highest BCUT2D eigenvalue weighted by Crippen LogP contribution is 2.56. The maximum absolute atomic E-state index is 13.2. The summed E-state index contributed by atoms with van der Waals surface area (Å²) in [5.74, 6) is 6.66. The van der Waals surface area contributed by atoms with Crippen molar-refractivity contribution in [3.8, 4) is 17.6 Å². The van der Waals surface area contributed by atoms with E-state index in [0.717, 1.165) is 16.0 Å². The number of amidine groups is 1. The molecule has 0 saturated carbocycles. The largest absolute Gasteiger partial charge is 0.492 e. The lowest BCUT2D eigenvalue weighted by Crippen LogP contribution is -2.63. The predicted octanol–water partition coefficient (Wildman–Crippen LogP) is 3.85. The van der Waals surface area contributed by atoms with Crippen LogP contribution in [0.15, 0.2) is 23.2 Å². The topological polar surface area (TPSA) is 105 Å². The molecule has 1 unspecified atom stereocenters. The number of ether oxygens (including phenoxy) is 6. The first kappa shape index (κ1) is 26.8. The third-order valence-corrected chi connectivity index (χ3v) is 6.05. The number of rotatable bonds is 1. The molecule has 1 atom stereocenters. The third-order valence-electron chi connectivity index (χ3n) is 6.05. The van der Waals surface area contributed by atoms with Crippen LogP contribution in [0.5, 0.6) is 5.75 Å². The molecular weight excluding hydrogens is 480 g/mol. The lowest BCUT2D eigenvalue weighted by molar-refractivity contribution is -0.185. The van der Waals surface area contributed by atoms with Crippen molar-refractivity contribution in [2.24, 2.45) is 10.4 Å². The summed E-state index contributed by atoms with van der Waals surface area (Å²) < 4.78 is 33.8.